The summed E-state index contributed by atoms with van der Waals surface area (Å²) >= 11 is 0. The number of benzene rings is 2. The summed E-state index contributed by atoms with van der Waals surface area (Å²) in [5.74, 6) is 1.46. The molecule has 2 aromatic carbocycles. The Kier molecular flexibility index (Phi) is 7.12. The maximum atomic E-state index is 10.6. The lowest BCUT2D eigenvalue weighted by Gasteiger charge is -2.17. The van der Waals surface area contributed by atoms with E-state index in [1.54, 1.807) is 0 Å². The van der Waals surface area contributed by atoms with Crippen LogP contribution in [0.2, 0.25) is 0 Å². The largest absolute Gasteiger partial charge is 0.490 e. The highest BCUT2D eigenvalue weighted by Crippen LogP contribution is 2.18. The highest BCUT2D eigenvalue weighted by Gasteiger charge is 2.23. The van der Waals surface area contributed by atoms with Crippen molar-refractivity contribution >= 4 is 17.0 Å². The maximum absolute atomic E-state index is 10.6. The predicted octanol–water partition coefficient (Wildman–Crippen LogP) is 2.60. The number of aliphatic hydroxyl groups is 1. The molecule has 0 aliphatic carbocycles. The van der Waals surface area contributed by atoms with E-state index >= 15 is 0 Å². The number of nitrogens with two attached hydrogens (primary N) is 1. The van der Waals surface area contributed by atoms with Gasteiger partial charge in [0.05, 0.1) is 6.54 Å². The number of rotatable bonds is 10. The van der Waals surface area contributed by atoms with Gasteiger partial charge in [-0.25, -0.2) is 9.13 Å². The van der Waals surface area contributed by atoms with Gasteiger partial charge in [0.1, 0.15) is 36.0 Å². The van der Waals surface area contributed by atoms with E-state index in [-0.39, 0.29) is 6.61 Å². The minimum atomic E-state index is -0.663. The summed E-state index contributed by atoms with van der Waals surface area (Å²) in [5.41, 5.74) is 9.69. The van der Waals surface area contributed by atoms with Crippen molar-refractivity contribution in [2.45, 2.75) is 40.0 Å². The van der Waals surface area contributed by atoms with Crippen LogP contribution in [0.15, 0.2) is 48.5 Å². The van der Waals surface area contributed by atoms with Gasteiger partial charge in [-0.05, 0) is 43.8 Å². The lowest BCUT2D eigenvalue weighted by Crippen LogP contribution is -2.44. The summed E-state index contributed by atoms with van der Waals surface area (Å²) in [6, 6.07) is 16.0. The second kappa shape index (κ2) is 9.76. The van der Waals surface area contributed by atoms with E-state index in [1.165, 1.54) is 0 Å². The second-order valence-corrected chi connectivity index (χ2v) is 7.37. The van der Waals surface area contributed by atoms with Gasteiger partial charge in [-0.15, -0.1) is 0 Å². The first-order chi connectivity index (χ1) is 14.0. The number of fused-ring (bicyclic) bond motifs is 1. The molecule has 0 amide bonds. The monoisotopic (exact) mass is 397 g/mol. The molecule has 6 nitrogen and oxygen atoms in total. The molecule has 156 valence electrons. The van der Waals surface area contributed by atoms with Crippen molar-refractivity contribution in [3.8, 4) is 5.75 Å². The Morgan fingerprint density at radius 1 is 1.10 bits per heavy atom. The van der Waals surface area contributed by atoms with Crippen molar-refractivity contribution in [2.75, 3.05) is 32.0 Å². The third-order valence-electron chi connectivity index (χ3n) is 5.47. The van der Waals surface area contributed by atoms with Crippen LogP contribution in [0, 0.1) is 6.92 Å². The predicted molar refractivity (Wildman–Crippen MR) is 117 cm³/mol. The van der Waals surface area contributed by atoms with E-state index in [1.807, 2.05) is 47.9 Å². The zero-order valence-corrected chi connectivity index (χ0v) is 17.7. The van der Waals surface area contributed by atoms with Crippen LogP contribution < -0.4 is 15.0 Å². The van der Waals surface area contributed by atoms with Crippen LogP contribution in [0.25, 0.3) is 11.0 Å². The zero-order chi connectivity index (χ0) is 20.8. The van der Waals surface area contributed by atoms with Gasteiger partial charge >= 0.3 is 5.95 Å². The minimum absolute atomic E-state index is 0.218. The molecule has 29 heavy (non-hydrogen) atoms. The van der Waals surface area contributed by atoms with Crippen molar-refractivity contribution in [1.29, 1.82) is 0 Å². The third-order valence-corrected chi connectivity index (χ3v) is 5.47. The molecular weight excluding hydrogens is 364 g/mol. The fraction of sp³-hybridized carbons (Fsp3) is 0.435. The fourth-order valence-electron chi connectivity index (χ4n) is 3.69. The molecule has 0 saturated carbocycles. The molecule has 0 aliphatic rings. The van der Waals surface area contributed by atoms with Crippen molar-refractivity contribution in [2.24, 2.45) is 0 Å². The summed E-state index contributed by atoms with van der Waals surface area (Å²) in [6.45, 7) is 10.7. The van der Waals surface area contributed by atoms with Crippen LogP contribution in [0.3, 0.4) is 0 Å². The molecule has 3 rings (SSSR count). The number of anilines is 1. The first kappa shape index (κ1) is 21.1. The summed E-state index contributed by atoms with van der Waals surface area (Å²) in [4.78, 5) is 2.38. The Labute approximate surface area is 173 Å². The molecular formula is C23H33N4O2+. The molecule has 3 N–H and O–H groups in total. The fourth-order valence-corrected chi connectivity index (χ4v) is 3.69. The van der Waals surface area contributed by atoms with Crippen molar-refractivity contribution in [1.82, 2.24) is 9.47 Å². The molecule has 0 bridgehead atoms. The van der Waals surface area contributed by atoms with Crippen LogP contribution in [-0.4, -0.2) is 46.9 Å². The molecule has 0 fully saturated rings. The van der Waals surface area contributed by atoms with Crippen molar-refractivity contribution in [3.05, 3.63) is 54.1 Å². The number of aryl methyl sites for hydroxylation is 1. The van der Waals surface area contributed by atoms with E-state index < -0.39 is 6.10 Å². The standard InChI is InChI=1S/C23H32N4O2/c1-4-25(5-2)14-15-26-20-11-7-8-12-21(20)27(23(26)24)16-19(28)17-29-22-13-9-6-10-18(22)3/h6-13,19,24,28H,4-5,14-17H2,1-3H3/p+1/t19-/m0/s1. The van der Waals surface area contributed by atoms with Gasteiger partial charge in [0, 0.05) is 6.54 Å². The van der Waals surface area contributed by atoms with Crippen molar-refractivity contribution in [3.63, 3.8) is 0 Å². The average Bonchev–Trinajstić information content (AvgIpc) is 2.99. The Balaban J connectivity index is 1.76. The topological polar surface area (TPSA) is 67.5 Å². The quantitative estimate of drug-likeness (QED) is 0.516. The molecule has 0 unspecified atom stereocenters. The number of hydrogen-bond acceptors (Lipinski definition) is 4. The minimum Gasteiger partial charge on any atom is -0.490 e. The SMILES string of the molecule is CCN(CC)CCn1c(N)[n+](C[C@H](O)COc2ccccc2C)c2ccccc21. The molecule has 0 aliphatic heterocycles. The van der Waals surface area contributed by atoms with Crippen LogP contribution in [0.4, 0.5) is 5.95 Å². The summed E-state index contributed by atoms with van der Waals surface area (Å²) in [7, 11) is 0. The molecule has 0 spiro atoms. The Bertz CT molecular complexity index is 934. The van der Waals surface area contributed by atoms with E-state index in [0.29, 0.717) is 12.5 Å². The molecule has 3 aromatic rings. The highest BCUT2D eigenvalue weighted by atomic mass is 16.5. The van der Waals surface area contributed by atoms with Gasteiger partial charge in [0.25, 0.3) is 0 Å². The molecule has 1 atom stereocenters. The van der Waals surface area contributed by atoms with Gasteiger partial charge in [-0.1, -0.05) is 44.2 Å². The number of para-hydroxylation sites is 3. The Morgan fingerprint density at radius 2 is 1.79 bits per heavy atom. The van der Waals surface area contributed by atoms with E-state index in [0.717, 1.165) is 48.5 Å². The summed E-state index contributed by atoms with van der Waals surface area (Å²) in [5, 5.41) is 10.6. The van der Waals surface area contributed by atoms with Gasteiger partial charge in [0.2, 0.25) is 0 Å². The van der Waals surface area contributed by atoms with Gasteiger partial charge in [-0.2, -0.15) is 0 Å². The molecule has 1 aromatic heterocycles. The van der Waals surface area contributed by atoms with E-state index in [2.05, 4.69) is 35.4 Å². The third kappa shape index (κ3) is 4.89. The number of aliphatic hydroxyl groups excluding tert-OH is 1. The molecule has 1 heterocycles. The Morgan fingerprint density at radius 3 is 2.52 bits per heavy atom. The van der Waals surface area contributed by atoms with Crippen LogP contribution in [0.5, 0.6) is 5.75 Å². The number of aromatic nitrogens is 2. The average molecular weight is 398 g/mol. The number of ether oxygens (including phenoxy) is 1. The first-order valence-corrected chi connectivity index (χ1v) is 10.4. The normalized spacial score (nSPS) is 12.6. The highest BCUT2D eigenvalue weighted by molar-refractivity contribution is 5.73. The smallest absolute Gasteiger partial charge is 0.356 e. The number of likely N-dealkylation sites (N-methyl/N-ethyl adjacent to an activating group) is 1. The van der Waals surface area contributed by atoms with Crippen LogP contribution in [-0.2, 0) is 13.1 Å². The molecule has 0 radical (unpaired) electrons. The molecule has 6 heteroatoms. The van der Waals surface area contributed by atoms with Crippen molar-refractivity contribution < 1.29 is 14.4 Å². The number of nitrogens with zero attached hydrogens (tertiary/aromatic N) is 3. The molecule has 0 saturated heterocycles. The van der Waals surface area contributed by atoms with Crippen LogP contribution in [0.1, 0.15) is 19.4 Å². The summed E-state index contributed by atoms with van der Waals surface area (Å²) in [6.07, 6.45) is -0.663. The lowest BCUT2D eigenvalue weighted by molar-refractivity contribution is -0.665. The zero-order valence-electron chi connectivity index (χ0n) is 17.7. The van der Waals surface area contributed by atoms with Crippen LogP contribution >= 0.6 is 0 Å². The van der Waals surface area contributed by atoms with Gasteiger partial charge in [-0.3, -0.25) is 5.73 Å². The van der Waals surface area contributed by atoms with Gasteiger partial charge < -0.3 is 14.7 Å². The Hall–Kier alpha value is -2.57. The van der Waals surface area contributed by atoms with E-state index in [9.17, 15) is 5.11 Å². The number of nitrogen functional groups attached to an aromatic ring is 1. The second-order valence-electron chi connectivity index (χ2n) is 7.37. The first-order valence-electron chi connectivity index (χ1n) is 10.4. The van der Waals surface area contributed by atoms with Gasteiger partial charge in [0.15, 0.2) is 0 Å². The van der Waals surface area contributed by atoms with E-state index in [4.69, 9.17) is 10.5 Å². The number of hydrogen-bond donors (Lipinski definition) is 2. The summed E-state index contributed by atoms with van der Waals surface area (Å²) < 4.78 is 9.95. The lowest BCUT2D eigenvalue weighted by atomic mass is 10.2. The number of imidazole rings is 1. The maximum Gasteiger partial charge on any atom is 0.356 e.